The van der Waals surface area contributed by atoms with Gasteiger partial charge in [0.05, 0.1) is 6.61 Å². The number of aliphatic hydroxyl groups is 1. The molecule has 0 aromatic rings. The molecule has 1 rings (SSSR count). The molecule has 5 nitrogen and oxygen atoms in total. The Morgan fingerprint density at radius 2 is 2.47 bits per heavy atom. The summed E-state index contributed by atoms with van der Waals surface area (Å²) >= 11 is 0. The average molecular weight is 212 g/mol. The van der Waals surface area contributed by atoms with Crippen LogP contribution in [0.4, 0.5) is 0 Å². The lowest BCUT2D eigenvalue weighted by Gasteiger charge is -2.24. The normalized spacial score (nSPS) is 17.8. The first kappa shape index (κ1) is 12.2. The molecule has 0 saturated carbocycles. The topological polar surface area (TPSA) is 59.9 Å². The highest BCUT2D eigenvalue weighted by Crippen LogP contribution is 1.95. The third-order valence-corrected chi connectivity index (χ3v) is 2.17. The molecule has 1 unspecified atom stereocenters. The molecule has 0 bridgehead atoms. The van der Waals surface area contributed by atoms with Gasteiger partial charge in [0.15, 0.2) is 0 Å². The van der Waals surface area contributed by atoms with Gasteiger partial charge in [-0.05, 0) is 19.9 Å². The van der Waals surface area contributed by atoms with E-state index < -0.39 is 0 Å². The second-order valence-corrected chi connectivity index (χ2v) is 3.67. The minimum Gasteiger partial charge on any atom is -0.395 e. The monoisotopic (exact) mass is 212 g/mol. The average Bonchev–Trinajstić information content (AvgIpc) is 2.25. The van der Waals surface area contributed by atoms with Crippen LogP contribution in [0.25, 0.3) is 0 Å². The van der Waals surface area contributed by atoms with Crippen molar-refractivity contribution in [2.24, 2.45) is 4.99 Å². The molecule has 0 amide bonds. The van der Waals surface area contributed by atoms with Crippen LogP contribution >= 0.6 is 0 Å². The molecule has 0 aromatic carbocycles. The molecular formula is C10H20N4O. The second kappa shape index (κ2) is 6.55. The van der Waals surface area contributed by atoms with Gasteiger partial charge in [0.1, 0.15) is 6.67 Å². The van der Waals surface area contributed by atoms with E-state index in [1.54, 1.807) is 0 Å². The Kier molecular flexibility index (Phi) is 5.31. The van der Waals surface area contributed by atoms with Crippen molar-refractivity contribution in [1.29, 1.82) is 0 Å². The van der Waals surface area contributed by atoms with Gasteiger partial charge in [-0.1, -0.05) is 0 Å². The van der Waals surface area contributed by atoms with E-state index in [4.69, 9.17) is 5.11 Å². The molecule has 0 aliphatic carbocycles. The summed E-state index contributed by atoms with van der Waals surface area (Å²) < 4.78 is 0. The molecular weight excluding hydrogens is 192 g/mol. The maximum Gasteiger partial charge on any atom is 0.124 e. The fourth-order valence-electron chi connectivity index (χ4n) is 1.23. The lowest BCUT2D eigenvalue weighted by Crippen LogP contribution is -2.44. The third-order valence-electron chi connectivity index (χ3n) is 2.17. The summed E-state index contributed by atoms with van der Waals surface area (Å²) in [6, 6.07) is 0.331. The number of hydrogen-bond donors (Lipinski definition) is 3. The van der Waals surface area contributed by atoms with Gasteiger partial charge in [-0.15, -0.1) is 0 Å². The summed E-state index contributed by atoms with van der Waals surface area (Å²) in [6.45, 7) is 6.35. The Labute approximate surface area is 90.8 Å². The number of nitrogens with zero attached hydrogens (tertiary/aromatic N) is 2. The summed E-state index contributed by atoms with van der Waals surface area (Å²) in [5.41, 5.74) is 4.30. The summed E-state index contributed by atoms with van der Waals surface area (Å²) in [6.07, 6.45) is 3.96. The lowest BCUT2D eigenvalue weighted by molar-refractivity contribution is 0.249. The smallest absolute Gasteiger partial charge is 0.124 e. The van der Waals surface area contributed by atoms with Crippen molar-refractivity contribution in [2.45, 2.75) is 19.9 Å². The molecule has 3 N–H and O–H groups in total. The molecule has 0 saturated heterocycles. The number of aliphatic hydroxyl groups excluding tert-OH is 1. The Bertz CT molecular complexity index is 240. The quantitative estimate of drug-likeness (QED) is 0.566. The maximum atomic E-state index is 8.64. The molecule has 15 heavy (non-hydrogen) atoms. The summed E-state index contributed by atoms with van der Waals surface area (Å²) in [5.74, 6) is 0. The van der Waals surface area contributed by atoms with E-state index in [0.29, 0.717) is 19.3 Å². The van der Waals surface area contributed by atoms with E-state index in [9.17, 15) is 0 Å². The maximum absolute atomic E-state index is 8.64. The first-order chi connectivity index (χ1) is 7.22. The van der Waals surface area contributed by atoms with Crippen LogP contribution in [0.2, 0.25) is 0 Å². The van der Waals surface area contributed by atoms with Gasteiger partial charge in [-0.25, -0.2) is 5.43 Å². The van der Waals surface area contributed by atoms with Crippen LogP contribution in [0, 0.1) is 0 Å². The van der Waals surface area contributed by atoms with Crippen molar-refractivity contribution in [1.82, 2.24) is 15.8 Å². The molecule has 1 heterocycles. The van der Waals surface area contributed by atoms with Crippen LogP contribution in [-0.4, -0.2) is 48.2 Å². The van der Waals surface area contributed by atoms with Gasteiger partial charge in [0.25, 0.3) is 0 Å². The predicted octanol–water partition coefficient (Wildman–Crippen LogP) is -0.291. The SMILES string of the molecule is CC1=NCN(NCC(C)NCCO)C=C1. The van der Waals surface area contributed by atoms with Crippen molar-refractivity contribution >= 4 is 5.71 Å². The van der Waals surface area contributed by atoms with Crippen LogP contribution in [0.3, 0.4) is 0 Å². The van der Waals surface area contributed by atoms with Crippen LogP contribution in [-0.2, 0) is 0 Å². The van der Waals surface area contributed by atoms with E-state index in [1.807, 2.05) is 24.2 Å². The molecule has 5 heteroatoms. The van der Waals surface area contributed by atoms with Gasteiger partial charge in [-0.2, -0.15) is 0 Å². The first-order valence-corrected chi connectivity index (χ1v) is 5.26. The van der Waals surface area contributed by atoms with Crippen LogP contribution in [0.15, 0.2) is 17.3 Å². The predicted molar refractivity (Wildman–Crippen MR) is 61.5 cm³/mol. The van der Waals surface area contributed by atoms with Crippen LogP contribution in [0.1, 0.15) is 13.8 Å². The van der Waals surface area contributed by atoms with Crippen LogP contribution < -0.4 is 10.7 Å². The number of nitrogens with one attached hydrogen (secondary N) is 2. The lowest BCUT2D eigenvalue weighted by atomic mass is 10.3. The minimum atomic E-state index is 0.178. The van der Waals surface area contributed by atoms with Gasteiger partial charge in [-0.3, -0.25) is 10.0 Å². The standard InChI is InChI=1S/C10H20N4O/c1-9-3-5-14(8-12-9)13-7-10(2)11-4-6-15/h3,5,10-11,13,15H,4,6-8H2,1-2H3. The highest BCUT2D eigenvalue weighted by Gasteiger charge is 2.04. The Morgan fingerprint density at radius 1 is 1.67 bits per heavy atom. The zero-order valence-corrected chi connectivity index (χ0v) is 9.40. The highest BCUT2D eigenvalue weighted by molar-refractivity contribution is 5.93. The summed E-state index contributed by atoms with van der Waals surface area (Å²) in [5, 5.41) is 13.8. The van der Waals surface area contributed by atoms with E-state index in [2.05, 4.69) is 22.7 Å². The minimum absolute atomic E-state index is 0.178. The molecule has 0 radical (unpaired) electrons. The van der Waals surface area contributed by atoms with E-state index in [-0.39, 0.29) is 6.61 Å². The zero-order chi connectivity index (χ0) is 11.1. The van der Waals surface area contributed by atoms with E-state index >= 15 is 0 Å². The second-order valence-electron chi connectivity index (χ2n) is 3.67. The Balaban J connectivity index is 2.13. The van der Waals surface area contributed by atoms with Gasteiger partial charge < -0.3 is 10.4 Å². The highest BCUT2D eigenvalue weighted by atomic mass is 16.3. The number of hydrogen-bond acceptors (Lipinski definition) is 5. The number of allylic oxidation sites excluding steroid dienone is 1. The van der Waals surface area contributed by atoms with Crippen molar-refractivity contribution in [3.63, 3.8) is 0 Å². The Morgan fingerprint density at radius 3 is 3.07 bits per heavy atom. The largest absolute Gasteiger partial charge is 0.395 e. The fourth-order valence-corrected chi connectivity index (χ4v) is 1.23. The first-order valence-electron chi connectivity index (χ1n) is 5.26. The zero-order valence-electron chi connectivity index (χ0n) is 9.40. The van der Waals surface area contributed by atoms with Crippen molar-refractivity contribution in [2.75, 3.05) is 26.4 Å². The van der Waals surface area contributed by atoms with Crippen molar-refractivity contribution < 1.29 is 5.11 Å². The molecule has 0 spiro atoms. The molecule has 86 valence electrons. The molecule has 1 aliphatic heterocycles. The van der Waals surface area contributed by atoms with Crippen molar-refractivity contribution in [3.8, 4) is 0 Å². The van der Waals surface area contributed by atoms with Gasteiger partial charge in [0.2, 0.25) is 0 Å². The number of aliphatic imine (C=N–C) groups is 1. The third kappa shape index (κ3) is 4.92. The van der Waals surface area contributed by atoms with Gasteiger partial charge >= 0.3 is 0 Å². The van der Waals surface area contributed by atoms with Crippen molar-refractivity contribution in [3.05, 3.63) is 12.3 Å². The number of rotatable bonds is 6. The summed E-state index contributed by atoms with van der Waals surface area (Å²) in [7, 11) is 0. The fraction of sp³-hybridized carbons (Fsp3) is 0.700. The molecule has 0 aromatic heterocycles. The van der Waals surface area contributed by atoms with E-state index in [1.165, 1.54) is 0 Å². The molecule has 1 aliphatic rings. The molecule has 0 fully saturated rings. The number of hydrazine groups is 1. The van der Waals surface area contributed by atoms with Gasteiger partial charge in [0, 0.05) is 31.0 Å². The van der Waals surface area contributed by atoms with E-state index in [0.717, 1.165) is 12.3 Å². The Hall–Kier alpha value is -0.910. The summed E-state index contributed by atoms with van der Waals surface area (Å²) in [4.78, 5) is 4.28. The molecule has 1 atom stereocenters. The van der Waals surface area contributed by atoms with Crippen LogP contribution in [0.5, 0.6) is 0 Å².